The van der Waals surface area contributed by atoms with E-state index in [1.807, 2.05) is 0 Å². The Kier molecular flexibility index (Phi) is 2.86. The molecule has 0 aromatic heterocycles. The standard InChI is InChI=1S/C16H25N/c1-15(2,3)13-7-11-9-17-10-12(11)8-14(13)16(4,5)6/h7-8,17H,9-10H2,1-6H3. The van der Waals surface area contributed by atoms with Crippen LogP contribution in [-0.2, 0) is 23.9 Å². The van der Waals surface area contributed by atoms with Crippen LogP contribution in [0.2, 0.25) is 0 Å². The summed E-state index contributed by atoms with van der Waals surface area (Å²) in [6, 6.07) is 4.85. The average molecular weight is 231 g/mol. The van der Waals surface area contributed by atoms with Crippen LogP contribution in [0.15, 0.2) is 12.1 Å². The van der Waals surface area contributed by atoms with E-state index in [-0.39, 0.29) is 10.8 Å². The molecule has 1 aromatic carbocycles. The second-order valence-corrected chi connectivity index (χ2v) is 7.27. The lowest BCUT2D eigenvalue weighted by Gasteiger charge is -2.31. The molecule has 1 N–H and O–H groups in total. The van der Waals surface area contributed by atoms with Gasteiger partial charge in [-0.2, -0.15) is 0 Å². The molecule has 0 radical (unpaired) electrons. The van der Waals surface area contributed by atoms with Gasteiger partial charge in [0, 0.05) is 13.1 Å². The van der Waals surface area contributed by atoms with Gasteiger partial charge in [0.05, 0.1) is 0 Å². The van der Waals surface area contributed by atoms with Crippen LogP contribution in [0.4, 0.5) is 0 Å². The lowest BCUT2D eigenvalue weighted by molar-refractivity contribution is 0.529. The van der Waals surface area contributed by atoms with E-state index in [9.17, 15) is 0 Å². The molecule has 94 valence electrons. The molecule has 1 aliphatic rings. The Balaban J connectivity index is 2.64. The Morgan fingerprint density at radius 2 is 1.12 bits per heavy atom. The molecule has 17 heavy (non-hydrogen) atoms. The van der Waals surface area contributed by atoms with Gasteiger partial charge in [0.2, 0.25) is 0 Å². The zero-order valence-corrected chi connectivity index (χ0v) is 12.1. The maximum atomic E-state index is 3.45. The molecule has 1 aliphatic heterocycles. The van der Waals surface area contributed by atoms with Gasteiger partial charge in [-0.25, -0.2) is 0 Å². The van der Waals surface area contributed by atoms with Crippen molar-refractivity contribution >= 4 is 0 Å². The number of fused-ring (bicyclic) bond motifs is 1. The molecule has 0 unspecified atom stereocenters. The first-order chi connectivity index (χ1) is 7.69. The van der Waals surface area contributed by atoms with Crippen molar-refractivity contribution in [3.05, 3.63) is 34.4 Å². The summed E-state index contributed by atoms with van der Waals surface area (Å²) in [6.07, 6.45) is 0. The van der Waals surface area contributed by atoms with Gasteiger partial charge < -0.3 is 5.32 Å². The smallest absolute Gasteiger partial charge is 0.0212 e. The quantitative estimate of drug-likeness (QED) is 0.714. The highest BCUT2D eigenvalue weighted by molar-refractivity contribution is 5.46. The molecular formula is C16H25N. The van der Waals surface area contributed by atoms with Crippen molar-refractivity contribution < 1.29 is 0 Å². The summed E-state index contributed by atoms with van der Waals surface area (Å²) in [5.74, 6) is 0. The van der Waals surface area contributed by atoms with Crippen LogP contribution in [0, 0.1) is 0 Å². The van der Waals surface area contributed by atoms with Crippen molar-refractivity contribution in [1.82, 2.24) is 5.32 Å². The molecule has 0 bridgehead atoms. The van der Waals surface area contributed by atoms with Crippen molar-refractivity contribution in [2.24, 2.45) is 0 Å². The normalized spacial score (nSPS) is 16.1. The van der Waals surface area contributed by atoms with Gasteiger partial charge >= 0.3 is 0 Å². The van der Waals surface area contributed by atoms with Gasteiger partial charge in [0.1, 0.15) is 0 Å². The largest absolute Gasteiger partial charge is 0.309 e. The van der Waals surface area contributed by atoms with Crippen LogP contribution < -0.4 is 5.32 Å². The second-order valence-electron chi connectivity index (χ2n) is 7.27. The molecule has 1 nitrogen and oxygen atoms in total. The molecule has 0 aliphatic carbocycles. The third-order valence-electron chi connectivity index (χ3n) is 3.59. The van der Waals surface area contributed by atoms with Gasteiger partial charge in [-0.05, 0) is 33.1 Å². The molecule has 0 fully saturated rings. The fourth-order valence-electron chi connectivity index (χ4n) is 2.59. The Morgan fingerprint density at radius 3 is 1.41 bits per heavy atom. The number of benzene rings is 1. The van der Waals surface area contributed by atoms with Gasteiger partial charge in [-0.15, -0.1) is 0 Å². The van der Waals surface area contributed by atoms with Crippen molar-refractivity contribution in [3.8, 4) is 0 Å². The van der Waals surface area contributed by atoms with Crippen LogP contribution in [-0.4, -0.2) is 0 Å². The maximum absolute atomic E-state index is 3.45. The Labute approximate surface area is 106 Å². The highest BCUT2D eigenvalue weighted by Gasteiger charge is 2.27. The molecule has 0 atom stereocenters. The first-order valence-electron chi connectivity index (χ1n) is 6.57. The van der Waals surface area contributed by atoms with Gasteiger partial charge in [0.25, 0.3) is 0 Å². The van der Waals surface area contributed by atoms with E-state index in [4.69, 9.17) is 0 Å². The van der Waals surface area contributed by atoms with Crippen molar-refractivity contribution in [2.75, 3.05) is 0 Å². The van der Waals surface area contributed by atoms with E-state index in [2.05, 4.69) is 59.0 Å². The molecule has 0 saturated heterocycles. The first kappa shape index (κ1) is 12.6. The summed E-state index contributed by atoms with van der Waals surface area (Å²) in [7, 11) is 0. The lowest BCUT2D eigenvalue weighted by atomic mass is 9.74. The van der Waals surface area contributed by atoms with Crippen LogP contribution in [0.5, 0.6) is 0 Å². The average Bonchev–Trinajstić information content (AvgIpc) is 2.59. The van der Waals surface area contributed by atoms with Crippen LogP contribution in [0.25, 0.3) is 0 Å². The summed E-state index contributed by atoms with van der Waals surface area (Å²) >= 11 is 0. The Bertz CT molecular complexity index is 389. The monoisotopic (exact) mass is 231 g/mol. The summed E-state index contributed by atoms with van der Waals surface area (Å²) in [4.78, 5) is 0. The van der Waals surface area contributed by atoms with Crippen LogP contribution >= 0.6 is 0 Å². The Morgan fingerprint density at radius 1 is 0.765 bits per heavy atom. The van der Waals surface area contributed by atoms with Gasteiger partial charge in [0.15, 0.2) is 0 Å². The molecule has 0 amide bonds. The van der Waals surface area contributed by atoms with Crippen LogP contribution in [0.3, 0.4) is 0 Å². The second kappa shape index (κ2) is 3.84. The minimum absolute atomic E-state index is 0.222. The predicted octanol–water partition coefficient (Wildman–Crippen LogP) is 3.88. The zero-order valence-electron chi connectivity index (χ0n) is 12.1. The zero-order chi connectivity index (χ0) is 12.8. The SMILES string of the molecule is CC(C)(C)c1cc2c(cc1C(C)(C)C)CNC2. The number of hydrogen-bond acceptors (Lipinski definition) is 1. The fourth-order valence-corrected chi connectivity index (χ4v) is 2.59. The summed E-state index contributed by atoms with van der Waals surface area (Å²) in [6.45, 7) is 15.9. The molecule has 0 saturated carbocycles. The highest BCUT2D eigenvalue weighted by atomic mass is 14.9. The van der Waals surface area contributed by atoms with E-state index < -0.39 is 0 Å². The Hall–Kier alpha value is -0.820. The molecule has 1 heteroatoms. The predicted molar refractivity (Wildman–Crippen MR) is 74.4 cm³/mol. The van der Waals surface area contributed by atoms with Crippen LogP contribution in [0.1, 0.15) is 63.8 Å². The maximum Gasteiger partial charge on any atom is 0.0212 e. The number of rotatable bonds is 0. The fraction of sp³-hybridized carbons (Fsp3) is 0.625. The molecule has 2 rings (SSSR count). The molecule has 1 aromatic rings. The van der Waals surface area contributed by atoms with E-state index in [1.54, 1.807) is 0 Å². The van der Waals surface area contributed by atoms with Gasteiger partial charge in [-0.3, -0.25) is 0 Å². The van der Waals surface area contributed by atoms with E-state index in [1.165, 1.54) is 22.3 Å². The van der Waals surface area contributed by atoms with E-state index in [0.717, 1.165) is 13.1 Å². The molecular weight excluding hydrogens is 206 g/mol. The number of nitrogens with one attached hydrogen (secondary N) is 1. The van der Waals surface area contributed by atoms with Crippen molar-refractivity contribution in [3.63, 3.8) is 0 Å². The first-order valence-corrected chi connectivity index (χ1v) is 6.57. The van der Waals surface area contributed by atoms with Crippen molar-refractivity contribution in [2.45, 2.75) is 65.5 Å². The third kappa shape index (κ3) is 2.40. The van der Waals surface area contributed by atoms with Gasteiger partial charge in [-0.1, -0.05) is 53.7 Å². The van der Waals surface area contributed by atoms with E-state index >= 15 is 0 Å². The minimum atomic E-state index is 0.222. The molecule has 0 spiro atoms. The third-order valence-corrected chi connectivity index (χ3v) is 3.59. The van der Waals surface area contributed by atoms with E-state index in [0.29, 0.717) is 0 Å². The lowest BCUT2D eigenvalue weighted by Crippen LogP contribution is -2.22. The summed E-state index contributed by atoms with van der Waals surface area (Å²) in [5.41, 5.74) is 6.44. The summed E-state index contributed by atoms with van der Waals surface area (Å²) in [5, 5.41) is 3.45. The topological polar surface area (TPSA) is 12.0 Å². The number of hydrogen-bond donors (Lipinski definition) is 1. The summed E-state index contributed by atoms with van der Waals surface area (Å²) < 4.78 is 0. The minimum Gasteiger partial charge on any atom is -0.309 e. The molecule has 1 heterocycles. The van der Waals surface area contributed by atoms with Crippen molar-refractivity contribution in [1.29, 1.82) is 0 Å². The highest BCUT2D eigenvalue weighted by Crippen LogP contribution is 2.36.